The minimum atomic E-state index is -0.762. The Morgan fingerprint density at radius 3 is 2.38 bits per heavy atom. The smallest absolute Gasteiger partial charge is 0.249 e. The van der Waals surface area contributed by atoms with Gasteiger partial charge in [-0.3, -0.25) is 9.59 Å². The van der Waals surface area contributed by atoms with E-state index < -0.39 is 23.6 Å². The first-order valence-electron chi connectivity index (χ1n) is 9.21. The third kappa shape index (κ3) is 4.78. The van der Waals surface area contributed by atoms with Crippen LogP contribution in [0.1, 0.15) is 44.9 Å². The van der Waals surface area contributed by atoms with Crippen LogP contribution in [0.25, 0.3) is 0 Å². The van der Waals surface area contributed by atoms with Crippen molar-refractivity contribution in [3.05, 3.63) is 29.8 Å². The molecule has 1 aromatic rings. The molecule has 1 N–H and O–H groups in total. The van der Waals surface area contributed by atoms with Gasteiger partial charge < -0.3 is 15.0 Å². The second-order valence-electron chi connectivity index (χ2n) is 6.96. The highest BCUT2D eigenvalue weighted by molar-refractivity contribution is 5.97. The number of amides is 2. The van der Waals surface area contributed by atoms with Crippen LogP contribution in [0.3, 0.4) is 0 Å². The van der Waals surface area contributed by atoms with E-state index in [-0.39, 0.29) is 24.3 Å². The van der Waals surface area contributed by atoms with E-state index in [1.807, 2.05) is 0 Å². The third-order valence-corrected chi connectivity index (χ3v) is 5.00. The molecule has 5 nitrogen and oxygen atoms in total. The first kappa shape index (κ1) is 18.8. The quantitative estimate of drug-likeness (QED) is 0.870. The van der Waals surface area contributed by atoms with Crippen LogP contribution in [0.15, 0.2) is 18.2 Å². The van der Waals surface area contributed by atoms with Gasteiger partial charge in [-0.15, -0.1) is 0 Å². The standard InChI is InChI=1S/C19H24F2N2O3/c20-13-9-14(21)11-15(10-13)22-19(25)17-7-3-4-8-23(17)18(24)12-26-16-5-1-2-6-16/h9-11,16-17H,1-8,12H2,(H,22,25). The molecule has 2 aliphatic rings. The molecule has 1 atom stereocenters. The number of halogens is 2. The van der Waals surface area contributed by atoms with Gasteiger partial charge >= 0.3 is 0 Å². The van der Waals surface area contributed by atoms with E-state index in [4.69, 9.17) is 4.74 Å². The number of hydrogen-bond donors (Lipinski definition) is 1. The molecule has 7 heteroatoms. The van der Waals surface area contributed by atoms with E-state index in [1.165, 1.54) is 4.90 Å². The molecule has 1 aromatic carbocycles. The molecule has 1 saturated carbocycles. The van der Waals surface area contributed by atoms with Gasteiger partial charge in [0, 0.05) is 18.3 Å². The molecule has 2 amide bonds. The molecule has 0 spiro atoms. The molecule has 0 aromatic heterocycles. The van der Waals surface area contributed by atoms with Gasteiger partial charge in [-0.2, -0.15) is 0 Å². The predicted molar refractivity (Wildman–Crippen MR) is 92.5 cm³/mol. The number of hydrogen-bond acceptors (Lipinski definition) is 3. The second-order valence-corrected chi connectivity index (χ2v) is 6.96. The first-order valence-corrected chi connectivity index (χ1v) is 9.21. The lowest BCUT2D eigenvalue weighted by Crippen LogP contribution is -2.51. The fourth-order valence-electron chi connectivity index (χ4n) is 3.68. The molecular weight excluding hydrogens is 342 g/mol. The fraction of sp³-hybridized carbons (Fsp3) is 0.579. The van der Waals surface area contributed by atoms with Crippen LogP contribution in [0.2, 0.25) is 0 Å². The number of likely N-dealkylation sites (tertiary alicyclic amines) is 1. The number of ether oxygens (including phenoxy) is 1. The zero-order chi connectivity index (χ0) is 18.5. The number of carbonyl (C=O) groups is 2. The van der Waals surface area contributed by atoms with Crippen LogP contribution in [0.5, 0.6) is 0 Å². The molecule has 1 heterocycles. The SMILES string of the molecule is O=C(Nc1cc(F)cc(F)c1)C1CCCCN1C(=O)COC1CCCC1. The predicted octanol–water partition coefficient (Wildman–Crippen LogP) is 3.24. The van der Waals surface area contributed by atoms with Crippen molar-refractivity contribution in [3.63, 3.8) is 0 Å². The zero-order valence-electron chi connectivity index (χ0n) is 14.7. The molecule has 1 unspecified atom stereocenters. The van der Waals surface area contributed by atoms with E-state index in [1.54, 1.807) is 0 Å². The highest BCUT2D eigenvalue weighted by atomic mass is 19.1. The fourth-order valence-corrected chi connectivity index (χ4v) is 3.68. The summed E-state index contributed by atoms with van der Waals surface area (Å²) in [6, 6.07) is 2.21. The summed E-state index contributed by atoms with van der Waals surface area (Å²) in [4.78, 5) is 26.6. The summed E-state index contributed by atoms with van der Waals surface area (Å²) in [5.74, 6) is -2.16. The monoisotopic (exact) mass is 366 g/mol. The summed E-state index contributed by atoms with van der Waals surface area (Å²) in [6.45, 7) is 0.464. The molecule has 1 saturated heterocycles. The Labute approximate surface area is 151 Å². The van der Waals surface area contributed by atoms with Crippen molar-refractivity contribution in [2.24, 2.45) is 0 Å². The maximum Gasteiger partial charge on any atom is 0.249 e. The van der Waals surface area contributed by atoms with Crippen molar-refractivity contribution in [1.29, 1.82) is 0 Å². The van der Waals surface area contributed by atoms with Crippen molar-refractivity contribution in [2.75, 3.05) is 18.5 Å². The van der Waals surface area contributed by atoms with Crippen molar-refractivity contribution in [3.8, 4) is 0 Å². The van der Waals surface area contributed by atoms with Crippen LogP contribution < -0.4 is 5.32 Å². The zero-order valence-corrected chi connectivity index (χ0v) is 14.7. The number of benzene rings is 1. The van der Waals surface area contributed by atoms with E-state index in [0.717, 1.165) is 56.7 Å². The second kappa shape index (κ2) is 8.58. The van der Waals surface area contributed by atoms with Gasteiger partial charge in [0.05, 0.1) is 6.10 Å². The van der Waals surface area contributed by atoms with Gasteiger partial charge in [-0.25, -0.2) is 8.78 Å². The normalized spacial score (nSPS) is 21.0. The van der Waals surface area contributed by atoms with Gasteiger partial charge in [-0.1, -0.05) is 12.8 Å². The van der Waals surface area contributed by atoms with Crippen molar-refractivity contribution in [2.45, 2.75) is 57.1 Å². The number of piperidine rings is 1. The summed E-state index contributed by atoms with van der Waals surface area (Å²) >= 11 is 0. The lowest BCUT2D eigenvalue weighted by atomic mass is 10.0. The molecule has 0 radical (unpaired) electrons. The Kier molecular flexibility index (Phi) is 6.19. The minimum absolute atomic E-state index is 0.0248. The molecule has 2 fully saturated rings. The van der Waals surface area contributed by atoms with E-state index in [0.29, 0.717) is 13.0 Å². The Balaban J connectivity index is 1.61. The highest BCUT2D eigenvalue weighted by Gasteiger charge is 2.32. The Morgan fingerprint density at radius 2 is 1.69 bits per heavy atom. The highest BCUT2D eigenvalue weighted by Crippen LogP contribution is 2.23. The Morgan fingerprint density at radius 1 is 1.04 bits per heavy atom. The number of anilines is 1. The van der Waals surface area contributed by atoms with Crippen LogP contribution in [0, 0.1) is 11.6 Å². The average molecular weight is 366 g/mol. The van der Waals surface area contributed by atoms with Crippen molar-refractivity contribution in [1.82, 2.24) is 4.90 Å². The molecule has 1 aliphatic carbocycles. The maximum absolute atomic E-state index is 13.3. The Hall–Kier alpha value is -2.02. The van der Waals surface area contributed by atoms with Crippen LogP contribution in [-0.2, 0) is 14.3 Å². The average Bonchev–Trinajstić information content (AvgIpc) is 3.12. The molecule has 0 bridgehead atoms. The minimum Gasteiger partial charge on any atom is -0.368 e. The molecule has 1 aliphatic heterocycles. The third-order valence-electron chi connectivity index (χ3n) is 5.00. The lowest BCUT2D eigenvalue weighted by Gasteiger charge is -2.35. The summed E-state index contributed by atoms with van der Waals surface area (Å²) in [6.07, 6.45) is 6.50. The summed E-state index contributed by atoms with van der Waals surface area (Å²) in [5, 5.41) is 2.52. The number of carbonyl (C=O) groups excluding carboxylic acids is 2. The molecule has 3 rings (SSSR count). The molecule has 26 heavy (non-hydrogen) atoms. The van der Waals surface area contributed by atoms with Gasteiger partial charge in [0.1, 0.15) is 24.3 Å². The van der Waals surface area contributed by atoms with E-state index in [2.05, 4.69) is 5.32 Å². The van der Waals surface area contributed by atoms with E-state index >= 15 is 0 Å². The van der Waals surface area contributed by atoms with Gasteiger partial charge in [0.25, 0.3) is 0 Å². The van der Waals surface area contributed by atoms with Crippen molar-refractivity contribution < 1.29 is 23.1 Å². The topological polar surface area (TPSA) is 58.6 Å². The van der Waals surface area contributed by atoms with Gasteiger partial charge in [0.15, 0.2) is 0 Å². The van der Waals surface area contributed by atoms with Crippen molar-refractivity contribution >= 4 is 17.5 Å². The van der Waals surface area contributed by atoms with Crippen LogP contribution >= 0.6 is 0 Å². The lowest BCUT2D eigenvalue weighted by molar-refractivity contribution is -0.145. The van der Waals surface area contributed by atoms with E-state index in [9.17, 15) is 18.4 Å². The summed E-state index contributed by atoms with van der Waals surface area (Å²) in [5.41, 5.74) is 0.0488. The molecule has 142 valence electrons. The Bertz CT molecular complexity index is 642. The largest absolute Gasteiger partial charge is 0.368 e. The first-order chi connectivity index (χ1) is 12.5. The summed E-state index contributed by atoms with van der Waals surface area (Å²) < 4.78 is 32.3. The number of rotatable bonds is 5. The maximum atomic E-state index is 13.3. The number of nitrogens with zero attached hydrogens (tertiary/aromatic N) is 1. The van der Waals surface area contributed by atoms with Gasteiger partial charge in [-0.05, 0) is 44.2 Å². The molecular formula is C19H24F2N2O3. The number of nitrogens with one attached hydrogen (secondary N) is 1. The summed E-state index contributed by atoms with van der Waals surface area (Å²) in [7, 11) is 0. The van der Waals surface area contributed by atoms with Gasteiger partial charge in [0.2, 0.25) is 11.8 Å². The van der Waals surface area contributed by atoms with Crippen LogP contribution in [0.4, 0.5) is 14.5 Å². The van der Waals surface area contributed by atoms with Crippen LogP contribution in [-0.4, -0.2) is 42.0 Å².